The Kier molecular flexibility index (Phi) is 5.54. The van der Waals surface area contributed by atoms with Crippen LogP contribution in [0.2, 0.25) is 0 Å². The van der Waals surface area contributed by atoms with E-state index in [-0.39, 0.29) is 17.3 Å². The molecule has 1 saturated carbocycles. The Morgan fingerprint density at radius 3 is 2.54 bits per heavy atom. The number of amides is 3. The highest BCUT2D eigenvalue weighted by atomic mass is 16.2. The van der Waals surface area contributed by atoms with E-state index >= 15 is 0 Å². The molecule has 2 aliphatic rings. The molecule has 2 fully saturated rings. The first-order chi connectivity index (χ1) is 12.5. The summed E-state index contributed by atoms with van der Waals surface area (Å²) in [5, 5.41) is 2.54. The molecule has 3 N–H and O–H groups in total. The van der Waals surface area contributed by atoms with Gasteiger partial charge in [0.2, 0.25) is 5.91 Å². The number of hydrogen-bond donors (Lipinski definition) is 2. The minimum Gasteiger partial charge on any atom is -0.366 e. The summed E-state index contributed by atoms with van der Waals surface area (Å²) in [6.45, 7) is 2.64. The third-order valence-electron chi connectivity index (χ3n) is 5.72. The van der Waals surface area contributed by atoms with E-state index in [0.717, 1.165) is 12.8 Å². The maximum Gasteiger partial charge on any atom is 0.313 e. The smallest absolute Gasteiger partial charge is 0.313 e. The van der Waals surface area contributed by atoms with Crippen LogP contribution in [0.25, 0.3) is 0 Å². The number of piperidine rings is 1. The number of primary amides is 1. The molecule has 7 nitrogen and oxygen atoms in total. The maximum absolute atomic E-state index is 12.7. The van der Waals surface area contributed by atoms with Crippen LogP contribution in [0.5, 0.6) is 0 Å². The molecular weight excluding hydrogens is 332 g/mol. The number of carbonyl (C=O) groups is 3. The van der Waals surface area contributed by atoms with Gasteiger partial charge in [0.05, 0.1) is 17.4 Å². The lowest BCUT2D eigenvalue weighted by Crippen LogP contribution is -2.50. The quantitative estimate of drug-likeness (QED) is 0.805. The molecule has 2 unspecified atom stereocenters. The van der Waals surface area contributed by atoms with Gasteiger partial charge in [-0.3, -0.25) is 19.4 Å². The van der Waals surface area contributed by atoms with Crippen molar-refractivity contribution in [1.29, 1.82) is 0 Å². The highest BCUT2D eigenvalue weighted by molar-refractivity contribution is 6.39. The lowest BCUT2D eigenvalue weighted by molar-refractivity contribution is -0.146. The van der Waals surface area contributed by atoms with E-state index in [0.29, 0.717) is 18.4 Å². The number of likely N-dealkylation sites (tertiary alicyclic amines) is 1. The molecule has 140 valence electrons. The van der Waals surface area contributed by atoms with Crippen LogP contribution in [-0.2, 0) is 9.59 Å². The van der Waals surface area contributed by atoms with Crippen LogP contribution in [0.3, 0.4) is 0 Å². The Bertz CT molecular complexity index is 700. The van der Waals surface area contributed by atoms with Crippen molar-refractivity contribution in [3.8, 4) is 0 Å². The third-order valence-corrected chi connectivity index (χ3v) is 5.72. The molecule has 1 saturated heterocycles. The van der Waals surface area contributed by atoms with Gasteiger partial charge in [0.15, 0.2) is 0 Å². The Morgan fingerprint density at radius 2 is 1.85 bits per heavy atom. The number of hydrogen-bond acceptors (Lipinski definition) is 4. The van der Waals surface area contributed by atoms with Crippen molar-refractivity contribution in [2.75, 3.05) is 11.9 Å². The van der Waals surface area contributed by atoms with Crippen LogP contribution < -0.4 is 11.1 Å². The Morgan fingerprint density at radius 1 is 1.12 bits per heavy atom. The van der Waals surface area contributed by atoms with Crippen molar-refractivity contribution < 1.29 is 14.4 Å². The number of anilines is 1. The minimum absolute atomic E-state index is 0.0565. The van der Waals surface area contributed by atoms with E-state index in [1.54, 1.807) is 4.90 Å². The molecular formula is C19H26N4O3. The molecule has 3 amide bonds. The number of carbonyl (C=O) groups excluding carboxylic acids is 3. The van der Waals surface area contributed by atoms with Crippen molar-refractivity contribution in [2.45, 2.75) is 51.5 Å². The summed E-state index contributed by atoms with van der Waals surface area (Å²) >= 11 is 0. The summed E-state index contributed by atoms with van der Waals surface area (Å²) in [6.07, 6.45) is 9.78. The Hall–Kier alpha value is -2.44. The molecule has 0 bridgehead atoms. The lowest BCUT2D eigenvalue weighted by Gasteiger charge is -2.39. The maximum atomic E-state index is 12.7. The largest absolute Gasteiger partial charge is 0.366 e. The fourth-order valence-corrected chi connectivity index (χ4v) is 4.19. The van der Waals surface area contributed by atoms with Crippen LogP contribution in [0.1, 0.15) is 55.8 Å². The fourth-order valence-electron chi connectivity index (χ4n) is 4.19. The predicted octanol–water partition coefficient (Wildman–Crippen LogP) is 1.94. The van der Waals surface area contributed by atoms with E-state index in [4.69, 9.17) is 5.73 Å². The van der Waals surface area contributed by atoms with E-state index in [1.807, 2.05) is 6.92 Å². The summed E-state index contributed by atoms with van der Waals surface area (Å²) in [7, 11) is 0. The van der Waals surface area contributed by atoms with Gasteiger partial charge in [-0.05, 0) is 37.7 Å². The summed E-state index contributed by atoms with van der Waals surface area (Å²) in [5.41, 5.74) is 5.69. The van der Waals surface area contributed by atoms with Gasteiger partial charge in [0.1, 0.15) is 0 Å². The zero-order valence-electron chi connectivity index (χ0n) is 15.1. The molecule has 1 aliphatic carbocycles. The summed E-state index contributed by atoms with van der Waals surface area (Å²) in [6, 6.07) is 1.47. The average Bonchev–Trinajstić information content (AvgIpc) is 3.16. The van der Waals surface area contributed by atoms with Crippen molar-refractivity contribution in [1.82, 2.24) is 9.88 Å². The average molecular weight is 358 g/mol. The normalized spacial score (nSPS) is 23.7. The van der Waals surface area contributed by atoms with E-state index in [2.05, 4.69) is 10.3 Å². The molecule has 0 spiro atoms. The van der Waals surface area contributed by atoms with E-state index in [1.165, 1.54) is 44.1 Å². The molecule has 1 aromatic rings. The van der Waals surface area contributed by atoms with Crippen molar-refractivity contribution in [3.63, 3.8) is 0 Å². The molecule has 7 heteroatoms. The van der Waals surface area contributed by atoms with Gasteiger partial charge in [0.25, 0.3) is 0 Å². The minimum atomic E-state index is -0.702. The topological polar surface area (TPSA) is 105 Å². The Labute approximate surface area is 153 Å². The van der Waals surface area contributed by atoms with Crippen LogP contribution in [-0.4, -0.2) is 40.2 Å². The molecule has 1 aromatic heterocycles. The van der Waals surface area contributed by atoms with Crippen molar-refractivity contribution >= 4 is 23.4 Å². The molecule has 0 radical (unpaired) electrons. The van der Waals surface area contributed by atoms with Gasteiger partial charge < -0.3 is 16.0 Å². The van der Waals surface area contributed by atoms with Gasteiger partial charge in [-0.1, -0.05) is 25.7 Å². The molecule has 2 heterocycles. The second-order valence-corrected chi connectivity index (χ2v) is 7.47. The summed E-state index contributed by atoms with van der Waals surface area (Å²) < 4.78 is 0. The molecule has 26 heavy (non-hydrogen) atoms. The van der Waals surface area contributed by atoms with E-state index in [9.17, 15) is 14.4 Å². The Balaban J connectivity index is 1.65. The standard InChI is InChI=1S/C19H26N4O3/c1-12-6-7-14(13-4-2-3-5-13)11-23(12)19(26)18(25)22-16-8-15(17(20)24)9-21-10-16/h8-10,12-14H,2-7,11H2,1H3,(H2,20,24)(H,22,25). The zero-order chi connectivity index (χ0) is 18.7. The first-order valence-electron chi connectivity index (χ1n) is 9.32. The lowest BCUT2D eigenvalue weighted by atomic mass is 9.82. The van der Waals surface area contributed by atoms with Crippen LogP contribution in [0.4, 0.5) is 5.69 Å². The van der Waals surface area contributed by atoms with Gasteiger partial charge in [-0.15, -0.1) is 0 Å². The number of nitrogens with zero attached hydrogens (tertiary/aromatic N) is 2. The van der Waals surface area contributed by atoms with Gasteiger partial charge in [-0.2, -0.15) is 0 Å². The van der Waals surface area contributed by atoms with Crippen LogP contribution in [0.15, 0.2) is 18.5 Å². The second kappa shape index (κ2) is 7.85. The SMILES string of the molecule is CC1CCC(C2CCCC2)CN1C(=O)C(=O)Nc1cncc(C(N)=O)c1. The highest BCUT2D eigenvalue weighted by Crippen LogP contribution is 2.37. The van der Waals surface area contributed by atoms with Gasteiger partial charge >= 0.3 is 11.8 Å². The predicted molar refractivity (Wildman–Crippen MR) is 97.2 cm³/mol. The molecule has 2 atom stereocenters. The number of aromatic nitrogens is 1. The van der Waals surface area contributed by atoms with Gasteiger partial charge in [0, 0.05) is 18.8 Å². The highest BCUT2D eigenvalue weighted by Gasteiger charge is 2.36. The number of pyridine rings is 1. The molecule has 0 aromatic carbocycles. The first kappa shape index (κ1) is 18.4. The fraction of sp³-hybridized carbons (Fsp3) is 0.579. The first-order valence-corrected chi connectivity index (χ1v) is 9.32. The third kappa shape index (κ3) is 4.03. The second-order valence-electron chi connectivity index (χ2n) is 7.47. The molecule has 1 aliphatic heterocycles. The summed E-state index contributed by atoms with van der Waals surface area (Å²) in [4.78, 5) is 41.9. The molecule has 3 rings (SSSR count). The van der Waals surface area contributed by atoms with Crippen molar-refractivity contribution in [2.24, 2.45) is 17.6 Å². The zero-order valence-corrected chi connectivity index (χ0v) is 15.1. The van der Waals surface area contributed by atoms with Gasteiger partial charge in [-0.25, -0.2) is 0 Å². The van der Waals surface area contributed by atoms with Crippen molar-refractivity contribution in [3.05, 3.63) is 24.0 Å². The van der Waals surface area contributed by atoms with Crippen LogP contribution in [0, 0.1) is 11.8 Å². The monoisotopic (exact) mass is 358 g/mol. The summed E-state index contributed by atoms with van der Waals surface area (Å²) in [5.74, 6) is -0.691. The van der Waals surface area contributed by atoms with E-state index < -0.39 is 17.7 Å². The number of nitrogens with one attached hydrogen (secondary N) is 1. The number of rotatable bonds is 3. The number of nitrogens with two attached hydrogens (primary N) is 1. The van der Waals surface area contributed by atoms with Crippen LogP contribution >= 0.6 is 0 Å².